The average molecular weight is 312 g/mol. The molecule has 0 atom stereocenters. The summed E-state index contributed by atoms with van der Waals surface area (Å²) in [6.45, 7) is 3.86. The number of hydrogen-bond donors (Lipinski definition) is 2. The fourth-order valence-corrected chi connectivity index (χ4v) is 2.49. The Balaban J connectivity index is 2.00. The fourth-order valence-electron chi connectivity index (χ4n) is 2.00. The highest BCUT2D eigenvalue weighted by Gasteiger charge is 2.12. The van der Waals surface area contributed by atoms with Crippen LogP contribution < -0.4 is 5.32 Å². The van der Waals surface area contributed by atoms with Gasteiger partial charge in [-0.3, -0.25) is 9.89 Å². The number of halogens is 2. The molecular formula is C14H15Cl2N3O. The summed E-state index contributed by atoms with van der Waals surface area (Å²) in [5.41, 5.74) is 3.45. The van der Waals surface area contributed by atoms with Gasteiger partial charge in [0, 0.05) is 12.1 Å². The lowest BCUT2D eigenvalue weighted by Gasteiger charge is -2.09. The fraction of sp³-hybridized carbons (Fsp3) is 0.286. The molecule has 0 saturated heterocycles. The van der Waals surface area contributed by atoms with Crippen molar-refractivity contribution in [1.29, 1.82) is 0 Å². The van der Waals surface area contributed by atoms with E-state index in [0.717, 1.165) is 17.0 Å². The zero-order valence-corrected chi connectivity index (χ0v) is 12.8. The molecule has 0 radical (unpaired) electrons. The van der Waals surface area contributed by atoms with Gasteiger partial charge < -0.3 is 5.32 Å². The number of aryl methyl sites for hydroxylation is 2. The van der Waals surface area contributed by atoms with Crippen molar-refractivity contribution < 1.29 is 4.79 Å². The lowest BCUT2D eigenvalue weighted by atomic mass is 10.1. The summed E-state index contributed by atoms with van der Waals surface area (Å²) in [6, 6.07) is 5.11. The minimum atomic E-state index is -0.125. The van der Waals surface area contributed by atoms with Crippen LogP contribution in [-0.2, 0) is 11.2 Å². The van der Waals surface area contributed by atoms with Crippen molar-refractivity contribution in [3.05, 3.63) is 45.2 Å². The Labute approximate surface area is 127 Å². The molecule has 6 heteroatoms. The van der Waals surface area contributed by atoms with Crippen molar-refractivity contribution in [3.8, 4) is 0 Å². The molecular weight excluding hydrogens is 297 g/mol. The number of carbonyl (C=O) groups excluding carboxylic acids is 1. The number of nitrogens with one attached hydrogen (secondary N) is 2. The van der Waals surface area contributed by atoms with Crippen LogP contribution in [0.5, 0.6) is 0 Å². The van der Waals surface area contributed by atoms with Gasteiger partial charge in [0.25, 0.3) is 0 Å². The molecule has 2 aromatic rings. The monoisotopic (exact) mass is 311 g/mol. The van der Waals surface area contributed by atoms with Crippen LogP contribution in [0.3, 0.4) is 0 Å². The highest BCUT2D eigenvalue weighted by Crippen LogP contribution is 2.29. The van der Waals surface area contributed by atoms with E-state index in [4.69, 9.17) is 23.2 Å². The van der Waals surface area contributed by atoms with Crippen LogP contribution in [0, 0.1) is 13.8 Å². The van der Waals surface area contributed by atoms with Crippen LogP contribution >= 0.6 is 23.2 Å². The van der Waals surface area contributed by atoms with E-state index in [9.17, 15) is 4.79 Å². The Morgan fingerprint density at radius 3 is 2.50 bits per heavy atom. The van der Waals surface area contributed by atoms with Gasteiger partial charge in [-0.2, -0.15) is 5.10 Å². The van der Waals surface area contributed by atoms with Crippen LogP contribution in [0.15, 0.2) is 18.2 Å². The lowest BCUT2D eigenvalue weighted by molar-refractivity contribution is -0.116. The average Bonchev–Trinajstić information content (AvgIpc) is 2.71. The molecule has 2 rings (SSSR count). The molecule has 106 valence electrons. The van der Waals surface area contributed by atoms with Gasteiger partial charge in [-0.25, -0.2) is 0 Å². The van der Waals surface area contributed by atoms with E-state index in [0.29, 0.717) is 28.6 Å². The maximum absolute atomic E-state index is 12.0. The predicted molar refractivity (Wildman–Crippen MR) is 81.5 cm³/mol. The minimum absolute atomic E-state index is 0.125. The number of hydrogen-bond acceptors (Lipinski definition) is 2. The SMILES string of the molecule is Cc1n[nH]c(C)c1CCC(=O)Nc1c(Cl)cccc1Cl. The zero-order valence-electron chi connectivity index (χ0n) is 11.3. The zero-order chi connectivity index (χ0) is 14.7. The Kier molecular flexibility index (Phi) is 4.68. The van der Waals surface area contributed by atoms with E-state index in [-0.39, 0.29) is 5.91 Å². The highest BCUT2D eigenvalue weighted by molar-refractivity contribution is 6.39. The van der Waals surface area contributed by atoms with Gasteiger partial charge in [-0.05, 0) is 38.0 Å². The summed E-state index contributed by atoms with van der Waals surface area (Å²) >= 11 is 12.0. The molecule has 4 nitrogen and oxygen atoms in total. The third kappa shape index (κ3) is 3.32. The molecule has 0 bridgehead atoms. The van der Waals surface area contributed by atoms with Gasteiger partial charge in [-0.15, -0.1) is 0 Å². The Bertz CT molecular complexity index is 598. The minimum Gasteiger partial charge on any atom is -0.324 e. The number of anilines is 1. The Morgan fingerprint density at radius 1 is 1.30 bits per heavy atom. The first-order chi connectivity index (χ1) is 9.49. The smallest absolute Gasteiger partial charge is 0.224 e. The van der Waals surface area contributed by atoms with Gasteiger partial charge in [0.2, 0.25) is 5.91 Å². The summed E-state index contributed by atoms with van der Waals surface area (Å²) in [5.74, 6) is -0.125. The molecule has 0 unspecified atom stereocenters. The van der Waals surface area contributed by atoms with Crippen LogP contribution in [0.2, 0.25) is 10.0 Å². The second-order valence-electron chi connectivity index (χ2n) is 4.56. The molecule has 0 saturated carbocycles. The number of amides is 1. The molecule has 2 N–H and O–H groups in total. The molecule has 1 aromatic heterocycles. The number of benzene rings is 1. The van der Waals surface area contributed by atoms with E-state index in [2.05, 4.69) is 15.5 Å². The van der Waals surface area contributed by atoms with Crippen molar-refractivity contribution in [3.63, 3.8) is 0 Å². The van der Waals surface area contributed by atoms with E-state index in [1.54, 1.807) is 18.2 Å². The number of rotatable bonds is 4. The van der Waals surface area contributed by atoms with E-state index < -0.39 is 0 Å². The van der Waals surface area contributed by atoms with E-state index in [1.807, 2.05) is 13.8 Å². The van der Waals surface area contributed by atoms with Crippen molar-refractivity contribution in [1.82, 2.24) is 10.2 Å². The van der Waals surface area contributed by atoms with Crippen molar-refractivity contribution in [2.75, 3.05) is 5.32 Å². The van der Waals surface area contributed by atoms with E-state index in [1.165, 1.54) is 0 Å². The molecule has 0 aliphatic rings. The van der Waals surface area contributed by atoms with Gasteiger partial charge in [0.1, 0.15) is 0 Å². The van der Waals surface area contributed by atoms with Crippen LogP contribution in [0.1, 0.15) is 23.4 Å². The quantitative estimate of drug-likeness (QED) is 0.899. The van der Waals surface area contributed by atoms with Crippen molar-refractivity contribution in [2.45, 2.75) is 26.7 Å². The predicted octanol–water partition coefficient (Wildman–Crippen LogP) is 3.90. The number of carbonyl (C=O) groups is 1. The second kappa shape index (κ2) is 6.29. The Hall–Kier alpha value is -1.52. The van der Waals surface area contributed by atoms with Gasteiger partial charge >= 0.3 is 0 Å². The summed E-state index contributed by atoms with van der Waals surface area (Å²) in [5, 5.41) is 10.6. The molecule has 20 heavy (non-hydrogen) atoms. The summed E-state index contributed by atoms with van der Waals surface area (Å²) in [6.07, 6.45) is 0.977. The van der Waals surface area contributed by atoms with Crippen molar-refractivity contribution in [2.24, 2.45) is 0 Å². The third-order valence-corrected chi connectivity index (χ3v) is 3.74. The summed E-state index contributed by atoms with van der Waals surface area (Å²) < 4.78 is 0. The molecule has 1 heterocycles. The van der Waals surface area contributed by atoms with Gasteiger partial charge in [0.05, 0.1) is 21.4 Å². The lowest BCUT2D eigenvalue weighted by Crippen LogP contribution is -2.13. The molecule has 0 aliphatic carbocycles. The number of aromatic amines is 1. The third-order valence-electron chi connectivity index (χ3n) is 3.11. The number of aromatic nitrogens is 2. The molecule has 0 spiro atoms. The Morgan fingerprint density at radius 2 is 1.95 bits per heavy atom. The largest absolute Gasteiger partial charge is 0.324 e. The van der Waals surface area contributed by atoms with Gasteiger partial charge in [0.15, 0.2) is 0 Å². The first kappa shape index (κ1) is 14.9. The first-order valence-corrected chi connectivity index (χ1v) is 6.99. The second-order valence-corrected chi connectivity index (χ2v) is 5.37. The molecule has 0 aliphatic heterocycles. The molecule has 1 aromatic carbocycles. The van der Waals surface area contributed by atoms with Gasteiger partial charge in [-0.1, -0.05) is 29.3 Å². The van der Waals surface area contributed by atoms with Crippen LogP contribution in [0.4, 0.5) is 5.69 Å². The highest BCUT2D eigenvalue weighted by atomic mass is 35.5. The number of H-pyrrole nitrogens is 1. The van der Waals surface area contributed by atoms with E-state index >= 15 is 0 Å². The number of para-hydroxylation sites is 1. The topological polar surface area (TPSA) is 57.8 Å². The maximum atomic E-state index is 12.0. The summed E-state index contributed by atoms with van der Waals surface area (Å²) in [7, 11) is 0. The standard InChI is InChI=1S/C14H15Cl2N3O/c1-8-10(9(2)19-18-8)6-7-13(20)17-14-11(15)4-3-5-12(14)16/h3-5H,6-7H2,1-2H3,(H,17,20)(H,18,19). The molecule has 0 fully saturated rings. The maximum Gasteiger partial charge on any atom is 0.224 e. The normalized spacial score (nSPS) is 10.6. The summed E-state index contributed by atoms with van der Waals surface area (Å²) in [4.78, 5) is 12.0. The number of nitrogens with zero attached hydrogens (tertiary/aromatic N) is 1. The van der Waals surface area contributed by atoms with Crippen LogP contribution in [0.25, 0.3) is 0 Å². The van der Waals surface area contributed by atoms with Crippen LogP contribution in [-0.4, -0.2) is 16.1 Å². The first-order valence-electron chi connectivity index (χ1n) is 6.23. The molecule has 1 amide bonds. The van der Waals surface area contributed by atoms with Crippen molar-refractivity contribution >= 4 is 34.8 Å².